The molecule has 0 atom stereocenters. The summed E-state index contributed by atoms with van der Waals surface area (Å²) in [6.07, 6.45) is 2.76. The average Bonchev–Trinajstić information content (AvgIpc) is 3.29. The fourth-order valence-electron chi connectivity index (χ4n) is 4.46. The van der Waals surface area contributed by atoms with Crippen LogP contribution in [0.25, 0.3) is 11.2 Å². The number of carbonyl (C=O) groups is 1. The van der Waals surface area contributed by atoms with Gasteiger partial charge in [-0.1, -0.05) is 24.3 Å². The number of aryl methyl sites for hydroxylation is 2. The van der Waals surface area contributed by atoms with Crippen LogP contribution in [0.1, 0.15) is 12.0 Å². The molecule has 36 heavy (non-hydrogen) atoms. The third-order valence-corrected chi connectivity index (χ3v) is 8.13. The van der Waals surface area contributed by atoms with Crippen molar-refractivity contribution < 1.29 is 13.2 Å². The van der Waals surface area contributed by atoms with Gasteiger partial charge in [0.25, 0.3) is 15.6 Å². The summed E-state index contributed by atoms with van der Waals surface area (Å²) in [5.74, 6) is -0.432. The van der Waals surface area contributed by atoms with E-state index < -0.39 is 27.2 Å². The van der Waals surface area contributed by atoms with E-state index in [1.54, 1.807) is 42.5 Å². The lowest BCUT2D eigenvalue weighted by molar-refractivity contribution is -0.116. The Morgan fingerprint density at radius 1 is 1.06 bits per heavy atom. The van der Waals surface area contributed by atoms with Crippen LogP contribution in [0.15, 0.2) is 69.3 Å². The molecule has 1 N–H and O–H groups in total. The Balaban J connectivity index is 1.43. The van der Waals surface area contributed by atoms with Crippen LogP contribution in [0.5, 0.6) is 0 Å². The van der Waals surface area contributed by atoms with Crippen molar-refractivity contribution in [1.82, 2.24) is 18.7 Å². The topological polar surface area (TPSA) is 128 Å². The molecule has 1 aliphatic heterocycles. The first-order valence-corrected chi connectivity index (χ1v) is 12.7. The molecule has 4 aromatic rings. The first-order chi connectivity index (χ1) is 17.2. The van der Waals surface area contributed by atoms with Crippen molar-refractivity contribution in [3.8, 4) is 0 Å². The summed E-state index contributed by atoms with van der Waals surface area (Å²) in [4.78, 5) is 42.0. The van der Waals surface area contributed by atoms with E-state index in [1.807, 2.05) is 6.07 Å². The Hall–Kier alpha value is -4.19. The third kappa shape index (κ3) is 3.88. The maximum absolute atomic E-state index is 13.3. The lowest BCUT2D eigenvalue weighted by Crippen LogP contribution is -2.37. The molecule has 1 aliphatic rings. The molecule has 186 valence electrons. The number of nitrogens with one attached hydrogen (secondary N) is 1. The number of anilines is 2. The second-order valence-corrected chi connectivity index (χ2v) is 10.5. The molecular weight excluding hydrogens is 484 g/mol. The number of nitrogens with zero attached hydrogens (tertiary/aromatic N) is 5. The second-order valence-electron chi connectivity index (χ2n) is 8.64. The van der Waals surface area contributed by atoms with E-state index in [4.69, 9.17) is 0 Å². The fourth-order valence-corrected chi connectivity index (χ4v) is 6.01. The van der Waals surface area contributed by atoms with Gasteiger partial charge in [0.2, 0.25) is 5.91 Å². The Labute approximate surface area is 206 Å². The van der Waals surface area contributed by atoms with Gasteiger partial charge in [0.05, 0.1) is 16.9 Å². The van der Waals surface area contributed by atoms with E-state index in [2.05, 4.69) is 10.3 Å². The monoisotopic (exact) mass is 508 g/mol. The quantitative estimate of drug-likeness (QED) is 0.432. The summed E-state index contributed by atoms with van der Waals surface area (Å²) in [6.45, 7) is 0.123. The van der Waals surface area contributed by atoms with Crippen LogP contribution >= 0.6 is 0 Å². The molecule has 0 aliphatic carbocycles. The second kappa shape index (κ2) is 8.79. The molecule has 3 heterocycles. The maximum Gasteiger partial charge on any atom is 0.332 e. The van der Waals surface area contributed by atoms with Gasteiger partial charge in [-0.05, 0) is 42.7 Å². The molecule has 0 bridgehead atoms. The van der Waals surface area contributed by atoms with E-state index in [9.17, 15) is 22.8 Å². The number of sulfonamides is 1. The highest BCUT2D eigenvalue weighted by Gasteiger charge is 2.29. The van der Waals surface area contributed by atoms with Crippen LogP contribution in [0.4, 0.5) is 11.4 Å². The molecule has 0 spiro atoms. The van der Waals surface area contributed by atoms with Gasteiger partial charge in [0, 0.05) is 26.3 Å². The highest BCUT2D eigenvalue weighted by molar-refractivity contribution is 7.92. The zero-order valence-electron chi connectivity index (χ0n) is 19.7. The van der Waals surface area contributed by atoms with Crippen LogP contribution in [0, 0.1) is 0 Å². The van der Waals surface area contributed by atoms with Crippen LogP contribution < -0.4 is 20.9 Å². The predicted molar refractivity (Wildman–Crippen MR) is 135 cm³/mol. The molecule has 1 amide bonds. The number of aromatic nitrogens is 4. The minimum absolute atomic E-state index is 0.139. The number of hydrogen-bond donors (Lipinski definition) is 1. The normalized spacial score (nSPS) is 13.6. The molecule has 0 fully saturated rings. The molecule has 0 saturated heterocycles. The summed E-state index contributed by atoms with van der Waals surface area (Å²) in [7, 11) is -0.890. The minimum Gasteiger partial charge on any atom is -0.324 e. The van der Waals surface area contributed by atoms with Crippen LogP contribution in [0.3, 0.4) is 0 Å². The zero-order valence-corrected chi connectivity index (χ0v) is 20.5. The molecule has 2 aromatic heterocycles. The number of hydrogen-bond acceptors (Lipinski definition) is 6. The number of fused-ring (bicyclic) bond motifs is 2. The van der Waals surface area contributed by atoms with E-state index in [1.165, 1.54) is 33.9 Å². The summed E-state index contributed by atoms with van der Waals surface area (Å²) in [5, 5.41) is 2.78. The van der Waals surface area contributed by atoms with Gasteiger partial charge >= 0.3 is 5.69 Å². The Bertz CT molecular complexity index is 1720. The lowest BCUT2D eigenvalue weighted by atomic mass is 10.0. The van der Waals surface area contributed by atoms with Crippen LogP contribution in [-0.4, -0.2) is 39.6 Å². The standard InChI is InChI=1S/C24H24N6O5S/c1-27-22-21(23(32)28(2)24(27)33)29(15-25-22)14-20(31)26-17-11-10-16-7-6-12-30(19(16)13-17)36(34,35)18-8-4-3-5-9-18/h3-5,8-11,13,15H,6-7,12,14H2,1-2H3,(H,26,31). The van der Waals surface area contributed by atoms with Gasteiger partial charge in [0.15, 0.2) is 11.2 Å². The Morgan fingerprint density at radius 3 is 2.56 bits per heavy atom. The Morgan fingerprint density at radius 2 is 1.81 bits per heavy atom. The van der Waals surface area contributed by atoms with Gasteiger partial charge in [-0.15, -0.1) is 0 Å². The molecule has 0 radical (unpaired) electrons. The summed E-state index contributed by atoms with van der Waals surface area (Å²) in [6, 6.07) is 13.4. The third-order valence-electron chi connectivity index (χ3n) is 6.31. The predicted octanol–water partition coefficient (Wildman–Crippen LogP) is 1.21. The Kier molecular flexibility index (Phi) is 5.75. The summed E-state index contributed by atoms with van der Waals surface area (Å²) in [5.41, 5.74) is 1.11. The van der Waals surface area contributed by atoms with Gasteiger partial charge in [-0.25, -0.2) is 18.2 Å². The number of amides is 1. The number of benzene rings is 2. The van der Waals surface area contributed by atoms with Gasteiger partial charge in [-0.2, -0.15) is 0 Å². The summed E-state index contributed by atoms with van der Waals surface area (Å²) < 4.78 is 31.6. The van der Waals surface area contributed by atoms with E-state index in [0.29, 0.717) is 24.3 Å². The maximum atomic E-state index is 13.3. The highest BCUT2D eigenvalue weighted by atomic mass is 32.2. The minimum atomic E-state index is -3.76. The van der Waals surface area contributed by atoms with Gasteiger partial charge in [0.1, 0.15) is 6.54 Å². The van der Waals surface area contributed by atoms with Gasteiger partial charge < -0.3 is 9.88 Å². The van der Waals surface area contributed by atoms with Crippen LogP contribution in [0.2, 0.25) is 0 Å². The average molecular weight is 509 g/mol. The van der Waals surface area contributed by atoms with Crippen molar-refractivity contribution >= 4 is 38.5 Å². The zero-order chi connectivity index (χ0) is 25.6. The van der Waals surface area contributed by atoms with E-state index in [-0.39, 0.29) is 22.6 Å². The van der Waals surface area contributed by atoms with Crippen molar-refractivity contribution in [2.75, 3.05) is 16.2 Å². The van der Waals surface area contributed by atoms with Crippen LogP contribution in [-0.2, 0) is 41.9 Å². The molecule has 12 heteroatoms. The van der Waals surface area contributed by atoms with Gasteiger partial charge in [-0.3, -0.25) is 23.0 Å². The number of carbonyl (C=O) groups excluding carboxylic acids is 1. The van der Waals surface area contributed by atoms with Crippen molar-refractivity contribution in [3.63, 3.8) is 0 Å². The first kappa shape index (κ1) is 23.5. The molecule has 2 aromatic carbocycles. The molecule has 5 rings (SSSR count). The molecule has 0 unspecified atom stereocenters. The smallest absolute Gasteiger partial charge is 0.324 e. The highest BCUT2D eigenvalue weighted by Crippen LogP contribution is 2.34. The molecule has 11 nitrogen and oxygen atoms in total. The largest absolute Gasteiger partial charge is 0.332 e. The molecule has 0 saturated carbocycles. The SMILES string of the molecule is Cn1c(=O)c2c(ncn2CC(=O)Nc2ccc3c(c2)N(S(=O)(=O)c2ccccc2)CCC3)n(C)c1=O. The van der Waals surface area contributed by atoms with Crippen molar-refractivity contribution in [2.45, 2.75) is 24.3 Å². The van der Waals surface area contributed by atoms with E-state index in [0.717, 1.165) is 16.6 Å². The lowest BCUT2D eigenvalue weighted by Gasteiger charge is -2.31. The van der Waals surface area contributed by atoms with Crippen molar-refractivity contribution in [3.05, 3.63) is 81.3 Å². The number of rotatable bonds is 5. The first-order valence-electron chi connectivity index (χ1n) is 11.3. The fraction of sp³-hybridized carbons (Fsp3) is 0.250. The van der Waals surface area contributed by atoms with E-state index >= 15 is 0 Å². The van der Waals surface area contributed by atoms with Crippen molar-refractivity contribution in [1.29, 1.82) is 0 Å². The van der Waals surface area contributed by atoms with Crippen molar-refractivity contribution in [2.24, 2.45) is 14.1 Å². The molecular formula is C24H24N6O5S. The number of imidazole rings is 1. The summed E-state index contributed by atoms with van der Waals surface area (Å²) >= 11 is 0.